The number of nitrogens with zero attached hydrogens (tertiary/aromatic N) is 3. The lowest BCUT2D eigenvalue weighted by atomic mass is 10.1. The zero-order valence-corrected chi connectivity index (χ0v) is 12.7. The van der Waals surface area contributed by atoms with Crippen LogP contribution in [0.1, 0.15) is 32.6 Å². The molecule has 0 spiro atoms. The molecule has 3 rings (SSSR count). The van der Waals surface area contributed by atoms with Crippen LogP contribution in [0.3, 0.4) is 0 Å². The Morgan fingerprint density at radius 3 is 2.86 bits per heavy atom. The van der Waals surface area contributed by atoms with Crippen LogP contribution in [0, 0.1) is 0 Å². The Bertz CT molecular complexity index is 804. The number of fused-ring (bicyclic) bond motifs is 1. The molecule has 0 atom stereocenters. The molecule has 114 valence electrons. The van der Waals surface area contributed by atoms with Crippen molar-refractivity contribution in [2.45, 2.75) is 39.2 Å². The van der Waals surface area contributed by atoms with Gasteiger partial charge in [-0.1, -0.05) is 32.3 Å². The first-order valence-corrected chi connectivity index (χ1v) is 7.78. The quantitative estimate of drug-likeness (QED) is 0.709. The zero-order valence-electron chi connectivity index (χ0n) is 12.7. The van der Waals surface area contributed by atoms with Crippen molar-refractivity contribution in [1.29, 1.82) is 0 Å². The van der Waals surface area contributed by atoms with E-state index < -0.39 is 0 Å². The minimum Gasteiger partial charge on any atom is -0.304 e. The third-order valence-electron chi connectivity index (χ3n) is 3.84. The van der Waals surface area contributed by atoms with Gasteiger partial charge in [0.1, 0.15) is 0 Å². The van der Waals surface area contributed by atoms with E-state index >= 15 is 0 Å². The monoisotopic (exact) mass is 296 g/mol. The number of hydrogen-bond donors (Lipinski definition) is 1. The number of pyridine rings is 2. The summed E-state index contributed by atoms with van der Waals surface area (Å²) in [5.74, 6) is 0. The van der Waals surface area contributed by atoms with Crippen LogP contribution >= 0.6 is 0 Å². The number of hydrogen-bond acceptors (Lipinski definition) is 3. The fourth-order valence-electron chi connectivity index (χ4n) is 2.64. The highest BCUT2D eigenvalue weighted by atomic mass is 16.1. The van der Waals surface area contributed by atoms with Crippen LogP contribution in [-0.2, 0) is 6.54 Å². The normalized spacial score (nSPS) is 11.1. The van der Waals surface area contributed by atoms with Gasteiger partial charge >= 0.3 is 5.69 Å². The lowest BCUT2D eigenvalue weighted by Crippen LogP contribution is -2.17. The first-order chi connectivity index (χ1) is 10.8. The molecule has 22 heavy (non-hydrogen) atoms. The summed E-state index contributed by atoms with van der Waals surface area (Å²) in [6, 6.07) is 5.83. The van der Waals surface area contributed by atoms with Crippen molar-refractivity contribution in [2.75, 3.05) is 0 Å². The summed E-state index contributed by atoms with van der Waals surface area (Å²) in [6.45, 7) is 2.90. The number of aromatic amines is 1. The van der Waals surface area contributed by atoms with E-state index in [-0.39, 0.29) is 5.69 Å². The first-order valence-electron chi connectivity index (χ1n) is 7.78. The zero-order chi connectivity index (χ0) is 15.4. The molecule has 3 aromatic heterocycles. The molecule has 0 aliphatic rings. The van der Waals surface area contributed by atoms with E-state index in [9.17, 15) is 4.79 Å². The van der Waals surface area contributed by atoms with Crippen LogP contribution in [0.5, 0.6) is 0 Å². The minimum absolute atomic E-state index is 0.0812. The minimum atomic E-state index is -0.0812. The summed E-state index contributed by atoms with van der Waals surface area (Å²) in [5, 5.41) is 0. The predicted molar refractivity (Wildman–Crippen MR) is 87.7 cm³/mol. The van der Waals surface area contributed by atoms with Gasteiger partial charge in [0.2, 0.25) is 0 Å². The van der Waals surface area contributed by atoms with Crippen LogP contribution in [0.15, 0.2) is 41.6 Å². The lowest BCUT2D eigenvalue weighted by molar-refractivity contribution is 0.579. The Morgan fingerprint density at radius 1 is 1.18 bits per heavy atom. The lowest BCUT2D eigenvalue weighted by Gasteiger charge is -2.03. The van der Waals surface area contributed by atoms with Crippen LogP contribution in [-0.4, -0.2) is 19.5 Å². The van der Waals surface area contributed by atoms with E-state index in [1.807, 2.05) is 18.2 Å². The number of imidazole rings is 1. The van der Waals surface area contributed by atoms with E-state index in [1.54, 1.807) is 23.2 Å². The number of unbranched alkanes of at least 4 members (excludes halogenated alkanes) is 3. The van der Waals surface area contributed by atoms with Crippen molar-refractivity contribution in [2.24, 2.45) is 0 Å². The van der Waals surface area contributed by atoms with Crippen molar-refractivity contribution in [3.8, 4) is 11.1 Å². The second-order valence-corrected chi connectivity index (χ2v) is 5.48. The van der Waals surface area contributed by atoms with E-state index in [0.29, 0.717) is 0 Å². The summed E-state index contributed by atoms with van der Waals surface area (Å²) in [7, 11) is 0. The van der Waals surface area contributed by atoms with Crippen molar-refractivity contribution in [3.05, 3.63) is 47.3 Å². The van der Waals surface area contributed by atoms with E-state index in [0.717, 1.165) is 41.7 Å². The maximum Gasteiger partial charge on any atom is 0.327 e. The van der Waals surface area contributed by atoms with Gasteiger partial charge in [0.05, 0.1) is 5.52 Å². The van der Waals surface area contributed by atoms with Crippen molar-refractivity contribution in [1.82, 2.24) is 19.5 Å². The molecule has 0 aromatic carbocycles. The summed E-state index contributed by atoms with van der Waals surface area (Å²) >= 11 is 0. The molecule has 0 fully saturated rings. The maximum absolute atomic E-state index is 12.1. The molecule has 0 saturated heterocycles. The SMILES string of the molecule is CCCCCCn1c(=O)[nH]c2cc(-c3cccnc3)cnc21. The van der Waals surface area contributed by atoms with Gasteiger partial charge in [-0.3, -0.25) is 9.55 Å². The number of nitrogens with one attached hydrogen (secondary N) is 1. The molecule has 3 aromatic rings. The van der Waals surface area contributed by atoms with Gasteiger partial charge in [0.25, 0.3) is 0 Å². The second-order valence-electron chi connectivity index (χ2n) is 5.48. The van der Waals surface area contributed by atoms with Crippen LogP contribution in [0.2, 0.25) is 0 Å². The molecule has 5 heteroatoms. The fourth-order valence-corrected chi connectivity index (χ4v) is 2.64. The molecule has 0 radical (unpaired) electrons. The molecule has 0 unspecified atom stereocenters. The number of rotatable bonds is 6. The molecular weight excluding hydrogens is 276 g/mol. The number of aryl methyl sites for hydroxylation is 1. The molecule has 0 aliphatic heterocycles. The van der Waals surface area contributed by atoms with E-state index in [4.69, 9.17) is 0 Å². The Kier molecular flexibility index (Phi) is 4.32. The largest absolute Gasteiger partial charge is 0.327 e. The summed E-state index contributed by atoms with van der Waals surface area (Å²) < 4.78 is 1.73. The average molecular weight is 296 g/mol. The van der Waals surface area contributed by atoms with Gasteiger partial charge < -0.3 is 4.98 Å². The average Bonchev–Trinajstić information content (AvgIpc) is 2.87. The Labute approximate surface area is 129 Å². The molecular formula is C17H20N4O. The maximum atomic E-state index is 12.1. The highest BCUT2D eigenvalue weighted by Gasteiger charge is 2.09. The topological polar surface area (TPSA) is 63.6 Å². The smallest absolute Gasteiger partial charge is 0.304 e. The predicted octanol–water partition coefficient (Wildman–Crippen LogP) is 3.37. The summed E-state index contributed by atoms with van der Waals surface area (Å²) in [6.07, 6.45) is 9.88. The molecule has 1 N–H and O–H groups in total. The van der Waals surface area contributed by atoms with Crippen LogP contribution in [0.4, 0.5) is 0 Å². The van der Waals surface area contributed by atoms with Crippen molar-refractivity contribution < 1.29 is 0 Å². The molecule has 3 heterocycles. The number of aromatic nitrogens is 4. The highest BCUT2D eigenvalue weighted by Crippen LogP contribution is 2.20. The van der Waals surface area contributed by atoms with E-state index in [1.165, 1.54) is 12.8 Å². The van der Waals surface area contributed by atoms with E-state index in [2.05, 4.69) is 21.9 Å². The van der Waals surface area contributed by atoms with Gasteiger partial charge in [-0.05, 0) is 18.6 Å². The third kappa shape index (κ3) is 2.93. The molecule has 0 amide bonds. The second kappa shape index (κ2) is 6.56. The molecule has 5 nitrogen and oxygen atoms in total. The first kappa shape index (κ1) is 14.5. The standard InChI is InChI=1S/C17H20N4O/c1-2-3-4-5-9-21-16-15(20-17(21)22)10-14(12-19-16)13-7-6-8-18-11-13/h6-8,10-12H,2-5,9H2,1H3,(H,20,22). The Hall–Kier alpha value is -2.43. The van der Waals surface area contributed by atoms with Gasteiger partial charge in [-0.25, -0.2) is 9.78 Å². The Morgan fingerprint density at radius 2 is 2.09 bits per heavy atom. The molecule has 0 aliphatic carbocycles. The van der Waals surface area contributed by atoms with Gasteiger partial charge in [0, 0.05) is 36.3 Å². The van der Waals surface area contributed by atoms with Gasteiger partial charge in [-0.2, -0.15) is 0 Å². The number of H-pyrrole nitrogens is 1. The fraction of sp³-hybridized carbons (Fsp3) is 0.353. The highest BCUT2D eigenvalue weighted by molar-refractivity contribution is 5.77. The Balaban J connectivity index is 1.90. The summed E-state index contributed by atoms with van der Waals surface area (Å²) in [4.78, 5) is 23.6. The third-order valence-corrected chi connectivity index (χ3v) is 3.84. The van der Waals surface area contributed by atoms with Crippen molar-refractivity contribution in [3.63, 3.8) is 0 Å². The molecule has 0 saturated carbocycles. The van der Waals surface area contributed by atoms with Gasteiger partial charge in [-0.15, -0.1) is 0 Å². The molecule has 0 bridgehead atoms. The van der Waals surface area contributed by atoms with Crippen LogP contribution < -0.4 is 5.69 Å². The van der Waals surface area contributed by atoms with Crippen molar-refractivity contribution >= 4 is 11.2 Å². The summed E-state index contributed by atoms with van der Waals surface area (Å²) in [5.41, 5.74) is 3.38. The van der Waals surface area contributed by atoms with Crippen LogP contribution in [0.25, 0.3) is 22.3 Å². The van der Waals surface area contributed by atoms with Gasteiger partial charge in [0.15, 0.2) is 5.65 Å².